The first-order valence-electron chi connectivity index (χ1n) is 6.40. The van der Waals surface area contributed by atoms with E-state index in [0.29, 0.717) is 19.8 Å². The van der Waals surface area contributed by atoms with E-state index in [-0.39, 0.29) is 0 Å². The predicted octanol–water partition coefficient (Wildman–Crippen LogP) is 2.66. The molecule has 0 aromatic heterocycles. The smallest absolute Gasteiger partial charge is 0.374 e. The Kier molecular flexibility index (Phi) is 11.4. The minimum atomic E-state index is -2.45. The zero-order valence-corrected chi connectivity index (χ0v) is 14.4. The first kappa shape index (κ1) is 18.3. The van der Waals surface area contributed by atoms with Gasteiger partial charge >= 0.3 is 8.80 Å². The minimum Gasteiger partial charge on any atom is -0.374 e. The summed E-state index contributed by atoms with van der Waals surface area (Å²) in [4.78, 5) is 0. The Labute approximate surface area is 122 Å². The van der Waals surface area contributed by atoms with Crippen molar-refractivity contribution in [1.29, 1.82) is 0 Å². The van der Waals surface area contributed by atoms with E-state index in [2.05, 4.69) is 5.32 Å². The second kappa shape index (κ2) is 11.2. The lowest BCUT2D eigenvalue weighted by Crippen LogP contribution is -2.46. The van der Waals surface area contributed by atoms with Gasteiger partial charge in [0.25, 0.3) is 0 Å². The van der Waals surface area contributed by atoms with Crippen molar-refractivity contribution in [2.24, 2.45) is 0 Å². The molecule has 0 aliphatic rings. The summed E-state index contributed by atoms with van der Waals surface area (Å²) in [5.41, 5.74) is 0. The van der Waals surface area contributed by atoms with E-state index in [4.69, 9.17) is 25.5 Å². The van der Waals surface area contributed by atoms with Crippen molar-refractivity contribution < 1.29 is 13.3 Å². The molecule has 7 heteroatoms. The highest BCUT2D eigenvalue weighted by Gasteiger charge is 2.39. The summed E-state index contributed by atoms with van der Waals surface area (Å²) in [6.45, 7) is 7.83. The summed E-state index contributed by atoms with van der Waals surface area (Å²) >= 11 is 6.73. The third-order valence-corrected chi connectivity index (χ3v) is 6.83. The van der Waals surface area contributed by atoms with Gasteiger partial charge in [0.2, 0.25) is 0 Å². The fraction of sp³-hybridized carbons (Fsp3) is 0.909. The predicted molar refractivity (Wildman–Crippen MR) is 84.2 cm³/mol. The van der Waals surface area contributed by atoms with Gasteiger partial charge in [-0.15, -0.1) is 0 Å². The summed E-state index contributed by atoms with van der Waals surface area (Å²) in [5.74, 6) is 0.960. The van der Waals surface area contributed by atoms with Crippen LogP contribution in [-0.4, -0.2) is 45.7 Å². The lowest BCUT2D eigenvalue weighted by atomic mass is 10.6. The molecule has 0 aromatic carbocycles. The molecule has 0 aliphatic heterocycles. The molecule has 0 fully saturated rings. The van der Waals surface area contributed by atoms with Gasteiger partial charge in [-0.1, -0.05) is 24.0 Å². The molecule has 0 aromatic rings. The highest BCUT2D eigenvalue weighted by molar-refractivity contribution is 8.22. The first-order chi connectivity index (χ1) is 8.64. The molecular weight excluding hydrogens is 286 g/mol. The minimum absolute atomic E-state index is 0.633. The van der Waals surface area contributed by atoms with Crippen LogP contribution >= 0.6 is 24.0 Å². The number of hydrogen-bond donors (Lipinski definition) is 1. The van der Waals surface area contributed by atoms with Gasteiger partial charge in [0.1, 0.15) is 4.32 Å². The van der Waals surface area contributed by atoms with Gasteiger partial charge in [-0.2, -0.15) is 0 Å². The molecule has 0 unspecified atom stereocenters. The maximum atomic E-state index is 5.78. The normalized spacial score (nSPS) is 11.6. The van der Waals surface area contributed by atoms with E-state index in [0.717, 1.165) is 22.5 Å². The van der Waals surface area contributed by atoms with Crippen LogP contribution < -0.4 is 5.32 Å². The monoisotopic (exact) mass is 311 g/mol. The Morgan fingerprint density at radius 3 is 2.00 bits per heavy atom. The highest BCUT2D eigenvalue weighted by atomic mass is 32.2. The van der Waals surface area contributed by atoms with Gasteiger partial charge in [0, 0.05) is 38.7 Å². The number of rotatable bonds is 10. The van der Waals surface area contributed by atoms with Crippen LogP contribution in [0.2, 0.25) is 6.04 Å². The van der Waals surface area contributed by atoms with Crippen LogP contribution in [0, 0.1) is 0 Å². The van der Waals surface area contributed by atoms with E-state index in [1.54, 1.807) is 11.8 Å². The Morgan fingerprint density at radius 1 is 1.11 bits per heavy atom. The van der Waals surface area contributed by atoms with Crippen LogP contribution in [-0.2, 0) is 13.3 Å². The number of hydrogen-bond acceptors (Lipinski definition) is 5. The van der Waals surface area contributed by atoms with Crippen LogP contribution in [0.3, 0.4) is 0 Å². The van der Waals surface area contributed by atoms with Crippen molar-refractivity contribution in [2.75, 3.05) is 32.6 Å². The highest BCUT2D eigenvalue weighted by Crippen LogP contribution is 2.20. The van der Waals surface area contributed by atoms with Crippen molar-refractivity contribution in [2.45, 2.75) is 33.2 Å². The Morgan fingerprint density at radius 2 is 1.61 bits per heavy atom. The molecule has 0 saturated heterocycles. The second-order valence-electron chi connectivity index (χ2n) is 3.47. The molecule has 0 amide bonds. The summed E-state index contributed by atoms with van der Waals surface area (Å²) < 4.78 is 18.2. The molecule has 0 saturated carbocycles. The van der Waals surface area contributed by atoms with Crippen molar-refractivity contribution in [3.63, 3.8) is 0 Å². The maximum absolute atomic E-state index is 5.78. The van der Waals surface area contributed by atoms with Crippen molar-refractivity contribution in [1.82, 2.24) is 5.32 Å². The van der Waals surface area contributed by atoms with E-state index in [1.807, 2.05) is 27.8 Å². The van der Waals surface area contributed by atoms with Gasteiger partial charge in [0.05, 0.1) is 0 Å². The fourth-order valence-electron chi connectivity index (χ4n) is 1.53. The van der Waals surface area contributed by atoms with Crippen molar-refractivity contribution >= 4 is 37.1 Å². The molecular formula is C11H25NO3S2Si. The van der Waals surface area contributed by atoms with Gasteiger partial charge in [-0.25, -0.2) is 0 Å². The SMILES string of the molecule is CCO[Si](CCCSC(=S)NC)(OCC)OCC. The molecule has 0 spiro atoms. The summed E-state index contributed by atoms with van der Waals surface area (Å²) in [5, 5.41) is 2.95. The van der Waals surface area contributed by atoms with Crippen LogP contribution in [0.25, 0.3) is 0 Å². The van der Waals surface area contributed by atoms with Gasteiger partial charge in [-0.05, 0) is 27.2 Å². The van der Waals surface area contributed by atoms with Gasteiger partial charge in [0.15, 0.2) is 0 Å². The molecule has 0 aliphatic carbocycles. The Hall–Kier alpha value is 0.337. The number of nitrogens with one attached hydrogen (secondary N) is 1. The van der Waals surface area contributed by atoms with Crippen LogP contribution in [0.4, 0.5) is 0 Å². The molecule has 0 atom stereocenters. The fourth-order valence-corrected chi connectivity index (χ4v) is 5.26. The second-order valence-corrected chi connectivity index (χ2v) is 7.98. The average molecular weight is 312 g/mol. The lowest BCUT2D eigenvalue weighted by molar-refractivity contribution is 0.0712. The van der Waals surface area contributed by atoms with Crippen molar-refractivity contribution in [3.8, 4) is 0 Å². The van der Waals surface area contributed by atoms with Gasteiger partial charge < -0.3 is 18.6 Å². The zero-order valence-electron chi connectivity index (χ0n) is 11.8. The van der Waals surface area contributed by atoms with Crippen LogP contribution in [0.1, 0.15) is 27.2 Å². The summed E-state index contributed by atoms with van der Waals surface area (Å²) in [7, 11) is -0.613. The third kappa shape index (κ3) is 7.70. The van der Waals surface area contributed by atoms with Crippen LogP contribution in [0.15, 0.2) is 0 Å². The average Bonchev–Trinajstić information content (AvgIpc) is 2.35. The standard InChI is InChI=1S/C11H25NO3S2Si/c1-5-13-18(14-6-2,15-7-3)10-8-9-17-11(16)12-4/h5-10H2,1-4H3,(H,12,16). The summed E-state index contributed by atoms with van der Waals surface area (Å²) in [6.07, 6.45) is 0.985. The molecule has 0 bridgehead atoms. The zero-order chi connectivity index (χ0) is 13.9. The maximum Gasteiger partial charge on any atom is 0.500 e. The molecule has 0 radical (unpaired) electrons. The quantitative estimate of drug-likeness (QED) is 0.380. The van der Waals surface area contributed by atoms with Crippen LogP contribution in [0.5, 0.6) is 0 Å². The molecule has 1 N–H and O–H groups in total. The third-order valence-electron chi connectivity index (χ3n) is 2.16. The van der Waals surface area contributed by atoms with E-state index >= 15 is 0 Å². The van der Waals surface area contributed by atoms with Gasteiger partial charge in [-0.3, -0.25) is 0 Å². The molecule has 0 rings (SSSR count). The van der Waals surface area contributed by atoms with E-state index < -0.39 is 8.80 Å². The number of thiocarbonyl (C=S) groups is 1. The molecule has 108 valence electrons. The largest absolute Gasteiger partial charge is 0.500 e. The summed E-state index contributed by atoms with van der Waals surface area (Å²) in [6, 6.07) is 0.849. The first-order valence-corrected chi connectivity index (χ1v) is 9.73. The molecule has 4 nitrogen and oxygen atoms in total. The lowest BCUT2D eigenvalue weighted by Gasteiger charge is -2.28. The Bertz CT molecular complexity index is 215. The Balaban J connectivity index is 4.16. The molecule has 18 heavy (non-hydrogen) atoms. The number of thioether (sulfide) groups is 1. The molecule has 0 heterocycles. The topological polar surface area (TPSA) is 39.7 Å². The van der Waals surface area contributed by atoms with E-state index in [9.17, 15) is 0 Å². The van der Waals surface area contributed by atoms with E-state index in [1.165, 1.54) is 0 Å². The van der Waals surface area contributed by atoms with Crippen molar-refractivity contribution in [3.05, 3.63) is 0 Å².